The Hall–Kier alpha value is -12.2. The van der Waals surface area contributed by atoms with Crippen LogP contribution in [0.4, 0.5) is 0 Å². The van der Waals surface area contributed by atoms with Crippen molar-refractivity contribution < 1.29 is 0 Å². The quantitative estimate of drug-likeness (QED) is 0.140. The molecule has 0 amide bonds. The van der Waals surface area contributed by atoms with E-state index in [1.807, 2.05) is 0 Å². The average Bonchev–Trinajstić information content (AvgIpc) is 0.848. The molecule has 0 heterocycles. The van der Waals surface area contributed by atoms with E-state index < -0.39 is 0 Å². The fourth-order valence-corrected chi connectivity index (χ4v) is 15.6. The van der Waals surface area contributed by atoms with Gasteiger partial charge >= 0.3 is 0 Å². The molecule has 0 N–H and O–H groups in total. The van der Waals surface area contributed by atoms with Crippen molar-refractivity contribution in [2.45, 2.75) is 0 Å². The monoisotopic (exact) mass is 1190 g/mol. The summed E-state index contributed by atoms with van der Waals surface area (Å²) in [4.78, 5) is 0. The standard InChI is InChI=1S/C48H30.C46H30/c1-3-15-33-29-35(27-25-31(33)13-1)45-37-17-5-9-21-41(37)47(42-22-10-6-18-38(42)45)48-43-23-11-7-19-39(43)46(40-20-8-12-24-44(40)48)36-28-26-32-14-2-4-16-34(32)30-36;1-3-15-31(16-4-1)43-35-19-7-11-23-39(35)45(40-24-12-8-20-36(40)43)33-27-29-34(30-28-33)46-41-25-13-9-21-37(41)44(32-17-5-2-6-18-32)38-22-10-14-26-42(38)46/h1-30H;1-30H. The molecular weight excluding hydrogens is 1130 g/mol. The molecule has 0 spiro atoms. The van der Waals surface area contributed by atoms with Gasteiger partial charge in [-0.15, -0.1) is 0 Å². The van der Waals surface area contributed by atoms with Gasteiger partial charge in [0.15, 0.2) is 0 Å². The topological polar surface area (TPSA) is 0 Å². The molecule has 0 aliphatic rings. The molecule has 19 aromatic carbocycles. The smallest absolute Gasteiger partial charge is 0.00139 e. The lowest BCUT2D eigenvalue weighted by Gasteiger charge is -2.22. The third kappa shape index (κ3) is 9.06. The second-order valence-electron chi connectivity index (χ2n) is 24.8. The molecule has 0 atom stereocenters. The Balaban J connectivity index is 0.000000138. The summed E-state index contributed by atoms with van der Waals surface area (Å²) in [5.41, 5.74) is 17.8. The first-order valence-electron chi connectivity index (χ1n) is 32.6. The lowest BCUT2D eigenvalue weighted by Crippen LogP contribution is -1.94. The maximum atomic E-state index is 2.35. The molecule has 94 heavy (non-hydrogen) atoms. The second-order valence-corrected chi connectivity index (χ2v) is 24.8. The first-order chi connectivity index (χ1) is 46.7. The zero-order chi connectivity index (χ0) is 62.1. The van der Waals surface area contributed by atoms with Crippen LogP contribution in [-0.4, -0.2) is 0 Å². The van der Waals surface area contributed by atoms with Gasteiger partial charge in [0.1, 0.15) is 0 Å². The minimum absolute atomic E-state index is 1.23. The summed E-state index contributed by atoms with van der Waals surface area (Å²) in [5.74, 6) is 0. The Bertz CT molecular complexity index is 5590. The van der Waals surface area contributed by atoms with Crippen molar-refractivity contribution in [3.63, 3.8) is 0 Å². The number of benzene rings is 19. The summed E-state index contributed by atoms with van der Waals surface area (Å²) in [6, 6.07) is 133. The predicted octanol–water partition coefficient (Wildman–Crippen LogP) is 26.6. The van der Waals surface area contributed by atoms with Gasteiger partial charge in [0.25, 0.3) is 0 Å². The van der Waals surface area contributed by atoms with Crippen molar-refractivity contribution >= 4 is 108 Å². The van der Waals surface area contributed by atoms with Crippen LogP contribution < -0.4 is 0 Å². The summed E-state index contributed by atoms with van der Waals surface area (Å²) in [6.45, 7) is 0. The van der Waals surface area contributed by atoms with Gasteiger partial charge < -0.3 is 0 Å². The van der Waals surface area contributed by atoms with E-state index in [1.165, 1.54) is 186 Å². The first kappa shape index (κ1) is 54.7. The van der Waals surface area contributed by atoms with Gasteiger partial charge in [0, 0.05) is 0 Å². The Morgan fingerprint density at radius 2 is 0.255 bits per heavy atom. The molecule has 436 valence electrons. The normalized spacial score (nSPS) is 11.6. The van der Waals surface area contributed by atoms with Gasteiger partial charge in [-0.05, 0) is 198 Å². The zero-order valence-corrected chi connectivity index (χ0v) is 51.6. The van der Waals surface area contributed by atoms with Gasteiger partial charge in [-0.1, -0.05) is 352 Å². The summed E-state index contributed by atoms with van der Waals surface area (Å²) in [7, 11) is 0. The number of rotatable bonds is 7. The van der Waals surface area contributed by atoms with Crippen molar-refractivity contribution in [3.8, 4) is 77.9 Å². The summed E-state index contributed by atoms with van der Waals surface area (Å²) >= 11 is 0. The third-order valence-corrected chi connectivity index (χ3v) is 19.6. The van der Waals surface area contributed by atoms with E-state index in [9.17, 15) is 0 Å². The second kappa shape index (κ2) is 22.9. The van der Waals surface area contributed by atoms with Gasteiger partial charge in [-0.25, -0.2) is 0 Å². The van der Waals surface area contributed by atoms with Crippen LogP contribution in [0, 0.1) is 0 Å². The van der Waals surface area contributed by atoms with Crippen LogP contribution in [0.2, 0.25) is 0 Å². The highest BCUT2D eigenvalue weighted by Gasteiger charge is 2.24. The molecule has 19 aromatic rings. The van der Waals surface area contributed by atoms with Gasteiger partial charge in [-0.2, -0.15) is 0 Å². The van der Waals surface area contributed by atoms with Gasteiger partial charge in [0.2, 0.25) is 0 Å². The first-order valence-corrected chi connectivity index (χ1v) is 32.6. The van der Waals surface area contributed by atoms with Crippen molar-refractivity contribution in [1.29, 1.82) is 0 Å². The molecule has 0 heteroatoms. The van der Waals surface area contributed by atoms with Crippen LogP contribution >= 0.6 is 0 Å². The molecular formula is C94H60. The Morgan fingerprint density at radius 1 is 0.0957 bits per heavy atom. The SMILES string of the molecule is c1ccc(-c2c3ccccc3c(-c3ccc(-c4c5ccccc5c(-c5ccccc5)c5ccccc45)cc3)c3ccccc23)cc1.c1ccc2cc(-c3c4ccccc4c(-c4c5ccccc5c(-c5ccc6ccccc6c5)c5ccccc45)c4ccccc34)ccc2c1. The lowest BCUT2D eigenvalue weighted by atomic mass is 9.81. The molecule has 0 aromatic heterocycles. The predicted molar refractivity (Wildman–Crippen MR) is 406 cm³/mol. The highest BCUT2D eigenvalue weighted by molar-refractivity contribution is 6.31. The van der Waals surface area contributed by atoms with Gasteiger partial charge in [0.05, 0.1) is 0 Å². The van der Waals surface area contributed by atoms with Crippen molar-refractivity contribution in [2.75, 3.05) is 0 Å². The molecule has 19 rings (SSSR count). The van der Waals surface area contributed by atoms with Crippen LogP contribution in [0.3, 0.4) is 0 Å². The summed E-state index contributed by atoms with van der Waals surface area (Å²) < 4.78 is 0. The molecule has 0 aliphatic heterocycles. The van der Waals surface area contributed by atoms with E-state index in [0.717, 1.165) is 0 Å². The summed E-state index contributed by atoms with van der Waals surface area (Å²) in [6.07, 6.45) is 0. The van der Waals surface area contributed by atoms with Crippen molar-refractivity contribution in [2.24, 2.45) is 0 Å². The third-order valence-electron chi connectivity index (χ3n) is 19.6. The molecule has 0 nitrogen and oxygen atoms in total. The van der Waals surface area contributed by atoms with E-state index in [0.29, 0.717) is 0 Å². The number of hydrogen-bond acceptors (Lipinski definition) is 0. The molecule has 0 unspecified atom stereocenters. The van der Waals surface area contributed by atoms with Crippen LogP contribution in [-0.2, 0) is 0 Å². The Labute approximate surface area is 546 Å². The van der Waals surface area contributed by atoms with E-state index in [2.05, 4.69) is 364 Å². The lowest BCUT2D eigenvalue weighted by molar-refractivity contribution is 1.63. The van der Waals surface area contributed by atoms with E-state index in [1.54, 1.807) is 0 Å². The van der Waals surface area contributed by atoms with Crippen molar-refractivity contribution in [3.05, 3.63) is 364 Å². The highest BCUT2D eigenvalue weighted by Crippen LogP contribution is 2.52. The van der Waals surface area contributed by atoms with Gasteiger partial charge in [-0.3, -0.25) is 0 Å². The Kier molecular flexibility index (Phi) is 13.3. The Morgan fingerprint density at radius 3 is 0.489 bits per heavy atom. The molecule has 0 bridgehead atoms. The maximum Gasteiger partial charge on any atom is -0.00139 e. The van der Waals surface area contributed by atoms with Crippen molar-refractivity contribution in [1.82, 2.24) is 0 Å². The number of hydrogen-bond donors (Lipinski definition) is 0. The minimum atomic E-state index is 1.23. The van der Waals surface area contributed by atoms with Crippen LogP contribution in [0.15, 0.2) is 364 Å². The van der Waals surface area contributed by atoms with Crippen LogP contribution in [0.25, 0.3) is 186 Å². The molecule has 0 fully saturated rings. The summed E-state index contributed by atoms with van der Waals surface area (Å²) in [5, 5.41) is 25.4. The number of fused-ring (bicyclic) bond motifs is 10. The molecule has 0 aliphatic carbocycles. The van der Waals surface area contributed by atoms with E-state index in [-0.39, 0.29) is 0 Å². The van der Waals surface area contributed by atoms with Crippen LogP contribution in [0.5, 0.6) is 0 Å². The maximum absolute atomic E-state index is 2.35. The highest BCUT2D eigenvalue weighted by atomic mass is 14.3. The zero-order valence-electron chi connectivity index (χ0n) is 51.6. The van der Waals surface area contributed by atoms with Crippen LogP contribution in [0.1, 0.15) is 0 Å². The molecule has 0 radical (unpaired) electrons. The molecule has 0 saturated heterocycles. The largest absolute Gasteiger partial charge is 0.0622 e. The fraction of sp³-hybridized carbons (Fsp3) is 0. The molecule has 0 saturated carbocycles. The average molecular weight is 1190 g/mol. The van der Waals surface area contributed by atoms with E-state index in [4.69, 9.17) is 0 Å². The van der Waals surface area contributed by atoms with E-state index >= 15 is 0 Å². The minimum Gasteiger partial charge on any atom is -0.0622 e. The fourth-order valence-electron chi connectivity index (χ4n) is 15.6.